The van der Waals surface area contributed by atoms with Gasteiger partial charge in [0.05, 0.1) is 18.7 Å². The third-order valence-electron chi connectivity index (χ3n) is 4.44. The van der Waals surface area contributed by atoms with E-state index in [-0.39, 0.29) is 0 Å². The SMILES string of the molecule is c1n[nH]c(C2CNC3NCC(c4ccoc4)C3C2)n1. The second kappa shape index (κ2) is 4.47. The molecule has 6 heteroatoms. The minimum Gasteiger partial charge on any atom is -0.472 e. The fraction of sp³-hybridized carbons (Fsp3) is 0.538. The van der Waals surface area contributed by atoms with E-state index in [4.69, 9.17) is 4.42 Å². The molecular weight excluding hydrogens is 242 g/mol. The van der Waals surface area contributed by atoms with Crippen LogP contribution in [-0.2, 0) is 0 Å². The zero-order valence-corrected chi connectivity index (χ0v) is 10.5. The highest BCUT2D eigenvalue weighted by atomic mass is 16.3. The molecule has 0 radical (unpaired) electrons. The summed E-state index contributed by atoms with van der Waals surface area (Å²) < 4.78 is 5.23. The maximum absolute atomic E-state index is 5.23. The van der Waals surface area contributed by atoms with Gasteiger partial charge in [-0.05, 0) is 24.0 Å². The summed E-state index contributed by atoms with van der Waals surface area (Å²) in [6, 6.07) is 2.08. The summed E-state index contributed by atoms with van der Waals surface area (Å²) in [7, 11) is 0. The molecule has 0 saturated carbocycles. The van der Waals surface area contributed by atoms with E-state index >= 15 is 0 Å². The van der Waals surface area contributed by atoms with Crippen LogP contribution in [0.3, 0.4) is 0 Å². The van der Waals surface area contributed by atoms with Gasteiger partial charge in [0.15, 0.2) is 0 Å². The van der Waals surface area contributed by atoms with Crippen molar-refractivity contribution in [2.45, 2.75) is 24.4 Å². The summed E-state index contributed by atoms with van der Waals surface area (Å²) in [5, 5.41) is 14.1. The van der Waals surface area contributed by atoms with Gasteiger partial charge in [-0.3, -0.25) is 5.10 Å². The number of hydrogen-bond donors (Lipinski definition) is 3. The van der Waals surface area contributed by atoms with Gasteiger partial charge in [0.25, 0.3) is 0 Å². The molecule has 0 bridgehead atoms. The van der Waals surface area contributed by atoms with E-state index < -0.39 is 0 Å². The molecule has 4 unspecified atom stereocenters. The van der Waals surface area contributed by atoms with Crippen LogP contribution in [0.5, 0.6) is 0 Å². The van der Waals surface area contributed by atoms with Crippen LogP contribution in [0.1, 0.15) is 29.6 Å². The van der Waals surface area contributed by atoms with Crippen molar-refractivity contribution < 1.29 is 4.42 Å². The third-order valence-corrected chi connectivity index (χ3v) is 4.44. The van der Waals surface area contributed by atoms with E-state index in [2.05, 4.69) is 31.9 Å². The smallest absolute Gasteiger partial charge is 0.137 e. The molecule has 2 aliphatic heterocycles. The summed E-state index contributed by atoms with van der Waals surface area (Å²) in [5.74, 6) is 2.49. The van der Waals surface area contributed by atoms with Gasteiger partial charge in [-0.15, -0.1) is 0 Å². The molecule has 4 atom stereocenters. The van der Waals surface area contributed by atoms with Crippen molar-refractivity contribution in [2.24, 2.45) is 5.92 Å². The van der Waals surface area contributed by atoms with Gasteiger partial charge >= 0.3 is 0 Å². The van der Waals surface area contributed by atoms with Gasteiger partial charge in [-0.25, -0.2) is 4.98 Å². The fourth-order valence-electron chi connectivity index (χ4n) is 3.46. The Morgan fingerprint density at radius 1 is 1.26 bits per heavy atom. The first-order valence-electron chi connectivity index (χ1n) is 6.76. The van der Waals surface area contributed by atoms with Crippen LogP contribution in [0.25, 0.3) is 0 Å². The quantitative estimate of drug-likeness (QED) is 0.743. The van der Waals surface area contributed by atoms with Crippen molar-refractivity contribution in [3.63, 3.8) is 0 Å². The lowest BCUT2D eigenvalue weighted by atomic mass is 9.79. The van der Waals surface area contributed by atoms with E-state index in [1.807, 2.05) is 6.26 Å². The summed E-state index contributed by atoms with van der Waals surface area (Å²) in [6.07, 6.45) is 6.73. The van der Waals surface area contributed by atoms with Gasteiger partial charge in [-0.2, -0.15) is 5.10 Å². The molecule has 6 nitrogen and oxygen atoms in total. The number of aromatic nitrogens is 3. The number of furan rings is 1. The Morgan fingerprint density at radius 2 is 2.21 bits per heavy atom. The van der Waals surface area contributed by atoms with E-state index in [1.54, 1.807) is 12.6 Å². The van der Waals surface area contributed by atoms with Gasteiger partial charge in [0.2, 0.25) is 0 Å². The Balaban J connectivity index is 1.56. The van der Waals surface area contributed by atoms with Gasteiger partial charge in [0.1, 0.15) is 12.2 Å². The van der Waals surface area contributed by atoms with Gasteiger partial charge in [0, 0.05) is 24.9 Å². The molecule has 0 aromatic carbocycles. The van der Waals surface area contributed by atoms with Crippen LogP contribution in [0.4, 0.5) is 0 Å². The summed E-state index contributed by atoms with van der Waals surface area (Å²) in [5.41, 5.74) is 1.29. The Hall–Kier alpha value is -1.66. The highest BCUT2D eigenvalue weighted by molar-refractivity contribution is 5.19. The number of aromatic amines is 1. The molecule has 0 amide bonds. The number of H-pyrrole nitrogens is 1. The van der Waals surface area contributed by atoms with Crippen LogP contribution in [0.2, 0.25) is 0 Å². The molecule has 19 heavy (non-hydrogen) atoms. The first kappa shape index (κ1) is 11.2. The zero-order valence-electron chi connectivity index (χ0n) is 10.5. The molecule has 2 saturated heterocycles. The lowest BCUT2D eigenvalue weighted by Crippen LogP contribution is -2.48. The van der Waals surface area contributed by atoms with Crippen molar-refractivity contribution in [2.75, 3.05) is 13.1 Å². The van der Waals surface area contributed by atoms with Crippen molar-refractivity contribution in [3.8, 4) is 0 Å². The van der Waals surface area contributed by atoms with Crippen LogP contribution >= 0.6 is 0 Å². The highest BCUT2D eigenvalue weighted by Crippen LogP contribution is 2.39. The van der Waals surface area contributed by atoms with Crippen LogP contribution in [0.15, 0.2) is 29.3 Å². The average molecular weight is 259 g/mol. The average Bonchev–Trinajstić information content (AvgIpc) is 3.18. The lowest BCUT2D eigenvalue weighted by Gasteiger charge is -2.33. The first-order valence-corrected chi connectivity index (χ1v) is 6.76. The highest BCUT2D eigenvalue weighted by Gasteiger charge is 2.42. The minimum atomic E-state index is 0.402. The van der Waals surface area contributed by atoms with Crippen LogP contribution in [-0.4, -0.2) is 34.4 Å². The maximum Gasteiger partial charge on any atom is 0.137 e. The van der Waals surface area contributed by atoms with Crippen LogP contribution < -0.4 is 10.6 Å². The summed E-state index contributed by atoms with van der Waals surface area (Å²) >= 11 is 0. The molecule has 4 heterocycles. The van der Waals surface area contributed by atoms with Crippen molar-refractivity contribution >= 4 is 0 Å². The minimum absolute atomic E-state index is 0.402. The number of nitrogens with zero attached hydrogens (tertiary/aromatic N) is 2. The topological polar surface area (TPSA) is 78.8 Å². The predicted octanol–water partition coefficient (Wildman–Crippen LogP) is 0.804. The van der Waals surface area contributed by atoms with E-state index in [0.29, 0.717) is 23.9 Å². The Morgan fingerprint density at radius 3 is 3.00 bits per heavy atom. The standard InChI is InChI=1S/C13H17N5O/c1-2-19-6-8(1)11-5-15-13-10(11)3-9(4-14-13)12-16-7-17-18-12/h1-2,6-7,9-11,13-15H,3-5H2,(H,16,17,18). The third kappa shape index (κ3) is 1.87. The monoisotopic (exact) mass is 259 g/mol. The molecule has 2 aromatic rings. The molecule has 4 rings (SSSR count). The van der Waals surface area contributed by atoms with E-state index in [0.717, 1.165) is 25.3 Å². The first-order chi connectivity index (χ1) is 9.42. The second-order valence-electron chi connectivity index (χ2n) is 5.42. The molecule has 3 N–H and O–H groups in total. The Kier molecular flexibility index (Phi) is 2.63. The summed E-state index contributed by atoms with van der Waals surface area (Å²) in [6.45, 7) is 1.95. The molecule has 100 valence electrons. The molecule has 2 aliphatic rings. The van der Waals surface area contributed by atoms with Gasteiger partial charge in [-0.1, -0.05) is 0 Å². The largest absolute Gasteiger partial charge is 0.472 e. The summed E-state index contributed by atoms with van der Waals surface area (Å²) in [4.78, 5) is 4.30. The number of hydrogen-bond acceptors (Lipinski definition) is 5. The number of fused-ring (bicyclic) bond motifs is 1. The number of piperidine rings is 1. The molecular formula is C13H17N5O. The van der Waals surface area contributed by atoms with Gasteiger partial charge < -0.3 is 15.1 Å². The molecule has 0 aliphatic carbocycles. The fourth-order valence-corrected chi connectivity index (χ4v) is 3.46. The van der Waals surface area contributed by atoms with Crippen molar-refractivity contribution in [3.05, 3.63) is 36.3 Å². The van der Waals surface area contributed by atoms with Crippen molar-refractivity contribution in [1.29, 1.82) is 0 Å². The lowest BCUT2D eigenvalue weighted by molar-refractivity contribution is 0.255. The maximum atomic E-state index is 5.23. The molecule has 2 aromatic heterocycles. The Bertz CT molecular complexity index is 523. The Labute approximate surface area is 111 Å². The molecule has 2 fully saturated rings. The van der Waals surface area contributed by atoms with Crippen LogP contribution in [0, 0.1) is 5.92 Å². The second-order valence-corrected chi connectivity index (χ2v) is 5.42. The number of nitrogens with one attached hydrogen (secondary N) is 3. The number of rotatable bonds is 2. The zero-order chi connectivity index (χ0) is 12.7. The normalized spacial score (nSPS) is 34.3. The van der Waals surface area contributed by atoms with E-state index in [9.17, 15) is 0 Å². The van der Waals surface area contributed by atoms with Crippen molar-refractivity contribution in [1.82, 2.24) is 25.8 Å². The molecule has 0 spiro atoms. The van der Waals surface area contributed by atoms with E-state index in [1.165, 1.54) is 5.56 Å². The predicted molar refractivity (Wildman–Crippen MR) is 68.5 cm³/mol.